The van der Waals surface area contributed by atoms with Crippen molar-refractivity contribution in [3.8, 4) is 0 Å². The number of nitrogens with zero attached hydrogens (tertiary/aromatic N) is 1. The molecule has 1 amide bonds. The second-order valence-electron chi connectivity index (χ2n) is 6.42. The molecule has 0 unspecified atom stereocenters. The zero-order valence-corrected chi connectivity index (χ0v) is 14.3. The van der Waals surface area contributed by atoms with Crippen molar-refractivity contribution in [2.75, 3.05) is 39.9 Å². The van der Waals surface area contributed by atoms with Gasteiger partial charge in [0, 0.05) is 26.8 Å². The topological polar surface area (TPSA) is 41.6 Å². The van der Waals surface area contributed by atoms with Gasteiger partial charge in [-0.3, -0.25) is 4.79 Å². The third-order valence-electron chi connectivity index (χ3n) is 5.13. The second-order valence-corrected chi connectivity index (χ2v) is 6.42. The lowest BCUT2D eigenvalue weighted by molar-refractivity contribution is -0.150. The highest BCUT2D eigenvalue weighted by atomic mass is 35.5. The number of carbonyl (C=O) groups excluding carboxylic acids is 1. The fraction of sp³-hybridized carbons (Fsp3) is 0.938. The Morgan fingerprint density at radius 2 is 2.00 bits per heavy atom. The average Bonchev–Trinajstić information content (AvgIpc) is 2.44. The van der Waals surface area contributed by atoms with Crippen molar-refractivity contribution in [1.29, 1.82) is 0 Å². The van der Waals surface area contributed by atoms with E-state index in [0.717, 1.165) is 64.2 Å². The number of rotatable bonds is 7. The van der Waals surface area contributed by atoms with Crippen molar-refractivity contribution in [1.82, 2.24) is 10.2 Å². The SMILES string of the molecule is CCNCC1CCN(C(=O)C2(CCOC)CCC2)CC1.Cl. The van der Waals surface area contributed by atoms with Gasteiger partial charge in [0.25, 0.3) is 0 Å². The minimum absolute atomic E-state index is 0. The third kappa shape index (κ3) is 4.57. The lowest BCUT2D eigenvalue weighted by Gasteiger charge is -2.45. The van der Waals surface area contributed by atoms with Crippen molar-refractivity contribution < 1.29 is 9.53 Å². The first kappa shape index (κ1) is 18.7. The Hall–Kier alpha value is -0.320. The number of ether oxygens (including phenoxy) is 1. The predicted octanol–water partition coefficient (Wildman–Crippen LogP) is 2.46. The van der Waals surface area contributed by atoms with Crippen LogP contribution >= 0.6 is 12.4 Å². The van der Waals surface area contributed by atoms with Crippen molar-refractivity contribution in [2.45, 2.75) is 45.4 Å². The van der Waals surface area contributed by atoms with E-state index >= 15 is 0 Å². The number of amides is 1. The molecule has 0 atom stereocenters. The van der Waals surface area contributed by atoms with Crippen LogP contribution in [0.25, 0.3) is 0 Å². The van der Waals surface area contributed by atoms with Crippen LogP contribution in [0, 0.1) is 11.3 Å². The smallest absolute Gasteiger partial charge is 0.228 e. The van der Waals surface area contributed by atoms with E-state index in [0.29, 0.717) is 12.5 Å². The maximum Gasteiger partial charge on any atom is 0.228 e. The fourth-order valence-corrected chi connectivity index (χ4v) is 3.50. The minimum atomic E-state index is -0.0789. The molecule has 0 radical (unpaired) electrons. The number of hydrogen-bond donors (Lipinski definition) is 1. The number of carbonyl (C=O) groups is 1. The van der Waals surface area contributed by atoms with Crippen molar-refractivity contribution in [2.24, 2.45) is 11.3 Å². The molecule has 2 fully saturated rings. The first-order valence-corrected chi connectivity index (χ1v) is 8.21. The summed E-state index contributed by atoms with van der Waals surface area (Å²) in [6.07, 6.45) is 6.53. The van der Waals surface area contributed by atoms with Crippen LogP contribution in [0.2, 0.25) is 0 Å². The summed E-state index contributed by atoms with van der Waals surface area (Å²) in [7, 11) is 1.73. The number of hydrogen-bond acceptors (Lipinski definition) is 3. The van der Waals surface area contributed by atoms with Gasteiger partial charge < -0.3 is 15.0 Å². The van der Waals surface area contributed by atoms with Gasteiger partial charge in [-0.1, -0.05) is 13.3 Å². The zero-order chi connectivity index (χ0) is 14.4. The van der Waals surface area contributed by atoms with Crippen molar-refractivity contribution >= 4 is 18.3 Å². The van der Waals surface area contributed by atoms with E-state index in [1.54, 1.807) is 7.11 Å². The molecular weight excluding hydrogens is 288 g/mol. The standard InChI is InChI=1S/C16H30N2O2.ClH/c1-3-17-13-14-5-10-18(11-6-14)15(19)16(7-4-8-16)9-12-20-2;/h14,17H,3-13H2,1-2H3;1H. The molecule has 0 aromatic rings. The molecule has 1 saturated heterocycles. The summed E-state index contributed by atoms with van der Waals surface area (Å²) in [6, 6.07) is 0. The molecule has 5 heteroatoms. The van der Waals surface area contributed by atoms with E-state index in [9.17, 15) is 4.79 Å². The molecule has 0 spiro atoms. The molecule has 2 rings (SSSR count). The van der Waals surface area contributed by atoms with Crippen LogP contribution in [0.15, 0.2) is 0 Å². The van der Waals surface area contributed by atoms with E-state index in [4.69, 9.17) is 4.74 Å². The first-order chi connectivity index (χ1) is 9.72. The van der Waals surface area contributed by atoms with Gasteiger partial charge in [-0.25, -0.2) is 0 Å². The zero-order valence-electron chi connectivity index (χ0n) is 13.5. The lowest BCUT2D eigenvalue weighted by atomic mass is 9.65. The summed E-state index contributed by atoms with van der Waals surface area (Å²) in [5.41, 5.74) is -0.0789. The van der Waals surface area contributed by atoms with Gasteiger partial charge >= 0.3 is 0 Å². The summed E-state index contributed by atoms with van der Waals surface area (Å²) >= 11 is 0. The highest BCUT2D eigenvalue weighted by Gasteiger charge is 2.46. The Kier molecular flexibility index (Phi) is 7.99. The van der Waals surface area contributed by atoms with Crippen LogP contribution in [-0.4, -0.2) is 50.7 Å². The van der Waals surface area contributed by atoms with Crippen LogP contribution < -0.4 is 5.32 Å². The molecule has 1 saturated carbocycles. The number of halogens is 1. The Morgan fingerprint density at radius 3 is 2.48 bits per heavy atom. The van der Waals surface area contributed by atoms with Gasteiger partial charge in [-0.05, 0) is 51.1 Å². The Balaban J connectivity index is 0.00000220. The van der Waals surface area contributed by atoms with Gasteiger partial charge in [0.1, 0.15) is 0 Å². The predicted molar refractivity (Wildman–Crippen MR) is 87.9 cm³/mol. The van der Waals surface area contributed by atoms with Crippen LogP contribution in [0.3, 0.4) is 0 Å². The third-order valence-corrected chi connectivity index (χ3v) is 5.13. The molecule has 1 N–H and O–H groups in total. The number of likely N-dealkylation sites (tertiary alicyclic amines) is 1. The summed E-state index contributed by atoms with van der Waals surface area (Å²) < 4.78 is 5.19. The highest BCUT2D eigenvalue weighted by molar-refractivity contribution is 5.85. The molecule has 124 valence electrons. The number of methoxy groups -OCH3 is 1. The maximum absolute atomic E-state index is 12.8. The van der Waals surface area contributed by atoms with Crippen LogP contribution in [0.1, 0.15) is 45.4 Å². The molecule has 0 aromatic carbocycles. The van der Waals surface area contributed by atoms with E-state index in [-0.39, 0.29) is 17.8 Å². The van der Waals surface area contributed by atoms with Gasteiger partial charge in [-0.2, -0.15) is 0 Å². The second kappa shape index (κ2) is 8.96. The molecular formula is C16H31ClN2O2. The number of piperidine rings is 1. The van der Waals surface area contributed by atoms with Gasteiger partial charge in [0.05, 0.1) is 5.41 Å². The van der Waals surface area contributed by atoms with E-state index in [1.165, 1.54) is 6.42 Å². The first-order valence-electron chi connectivity index (χ1n) is 8.21. The fourth-order valence-electron chi connectivity index (χ4n) is 3.50. The maximum atomic E-state index is 12.8. The van der Waals surface area contributed by atoms with Gasteiger partial charge in [0.2, 0.25) is 5.91 Å². The highest BCUT2D eigenvalue weighted by Crippen LogP contribution is 2.45. The molecule has 0 bridgehead atoms. The molecule has 4 nitrogen and oxygen atoms in total. The van der Waals surface area contributed by atoms with E-state index in [2.05, 4.69) is 17.1 Å². The quantitative estimate of drug-likeness (QED) is 0.784. The molecule has 1 heterocycles. The molecule has 0 aromatic heterocycles. The molecule has 1 aliphatic carbocycles. The lowest BCUT2D eigenvalue weighted by Crippen LogP contribution is -2.51. The Morgan fingerprint density at radius 1 is 1.33 bits per heavy atom. The number of nitrogens with one attached hydrogen (secondary N) is 1. The van der Waals surface area contributed by atoms with E-state index < -0.39 is 0 Å². The monoisotopic (exact) mass is 318 g/mol. The van der Waals surface area contributed by atoms with Crippen LogP contribution in [0.4, 0.5) is 0 Å². The minimum Gasteiger partial charge on any atom is -0.385 e. The summed E-state index contributed by atoms with van der Waals surface area (Å²) in [5.74, 6) is 1.15. The van der Waals surface area contributed by atoms with Crippen LogP contribution in [-0.2, 0) is 9.53 Å². The summed E-state index contributed by atoms with van der Waals surface area (Å²) in [6.45, 7) is 6.90. The van der Waals surface area contributed by atoms with Gasteiger partial charge in [0.15, 0.2) is 0 Å². The van der Waals surface area contributed by atoms with E-state index in [1.807, 2.05) is 0 Å². The van der Waals surface area contributed by atoms with Crippen molar-refractivity contribution in [3.05, 3.63) is 0 Å². The van der Waals surface area contributed by atoms with Crippen molar-refractivity contribution in [3.63, 3.8) is 0 Å². The average molecular weight is 319 g/mol. The normalized spacial score (nSPS) is 21.5. The molecule has 1 aliphatic heterocycles. The molecule has 21 heavy (non-hydrogen) atoms. The van der Waals surface area contributed by atoms with Gasteiger partial charge in [-0.15, -0.1) is 12.4 Å². The summed E-state index contributed by atoms with van der Waals surface area (Å²) in [4.78, 5) is 14.9. The summed E-state index contributed by atoms with van der Waals surface area (Å²) in [5, 5.41) is 3.42. The van der Waals surface area contributed by atoms with Crippen LogP contribution in [0.5, 0.6) is 0 Å². The Bertz CT molecular complexity index is 313. The molecule has 2 aliphatic rings. The largest absolute Gasteiger partial charge is 0.385 e. The Labute approximate surface area is 135 Å².